The third kappa shape index (κ3) is 3.55. The Morgan fingerprint density at radius 3 is 3.16 bits per heavy atom. The topological polar surface area (TPSA) is 56.1 Å². The average molecular weight is 257 g/mol. The number of nitrogens with one attached hydrogen (secondary N) is 1. The van der Waals surface area contributed by atoms with Crippen LogP contribution in [-0.2, 0) is 11.3 Å². The van der Waals surface area contributed by atoms with Crippen molar-refractivity contribution in [2.45, 2.75) is 19.4 Å². The predicted octanol–water partition coefficient (Wildman–Crippen LogP) is 1.52. The minimum Gasteiger partial charge on any atom is -0.359 e. The predicted molar refractivity (Wildman–Crippen MR) is 73.2 cm³/mol. The fourth-order valence-corrected chi connectivity index (χ4v) is 2.61. The number of hydrogen-bond acceptors (Lipinski definition) is 3. The SMILES string of the molecule is CNC(=O)C1CCCN(Cc2cccc(C#N)c2)C1. The third-order valence-electron chi connectivity index (χ3n) is 3.58. The Kier molecular flexibility index (Phi) is 4.53. The van der Waals surface area contributed by atoms with Crippen LogP contribution in [0.15, 0.2) is 24.3 Å². The molecule has 100 valence electrons. The Morgan fingerprint density at radius 1 is 1.58 bits per heavy atom. The Balaban J connectivity index is 1.98. The number of piperidine rings is 1. The number of nitriles is 1. The summed E-state index contributed by atoms with van der Waals surface area (Å²) >= 11 is 0. The van der Waals surface area contributed by atoms with Gasteiger partial charge in [-0.25, -0.2) is 0 Å². The van der Waals surface area contributed by atoms with Crippen molar-refractivity contribution in [1.82, 2.24) is 10.2 Å². The highest BCUT2D eigenvalue weighted by Gasteiger charge is 2.24. The van der Waals surface area contributed by atoms with Crippen molar-refractivity contribution in [3.63, 3.8) is 0 Å². The Bertz CT molecular complexity index is 492. The fourth-order valence-electron chi connectivity index (χ4n) is 2.61. The van der Waals surface area contributed by atoms with Gasteiger partial charge in [-0.15, -0.1) is 0 Å². The summed E-state index contributed by atoms with van der Waals surface area (Å²) in [7, 11) is 1.69. The number of amides is 1. The summed E-state index contributed by atoms with van der Waals surface area (Å²) in [5.41, 5.74) is 1.83. The van der Waals surface area contributed by atoms with Crippen LogP contribution in [-0.4, -0.2) is 30.9 Å². The normalized spacial score (nSPS) is 19.7. The standard InChI is InChI=1S/C15H19N3O/c1-17-15(19)14-6-3-7-18(11-14)10-13-5-2-4-12(8-13)9-16/h2,4-5,8,14H,3,6-7,10-11H2,1H3,(H,17,19). The van der Waals surface area contributed by atoms with Crippen molar-refractivity contribution in [3.05, 3.63) is 35.4 Å². The summed E-state index contributed by atoms with van der Waals surface area (Å²) in [5.74, 6) is 0.230. The molecular formula is C15H19N3O. The number of likely N-dealkylation sites (tertiary alicyclic amines) is 1. The van der Waals surface area contributed by atoms with Gasteiger partial charge in [-0.1, -0.05) is 12.1 Å². The van der Waals surface area contributed by atoms with Gasteiger partial charge in [-0.2, -0.15) is 5.26 Å². The van der Waals surface area contributed by atoms with Gasteiger partial charge in [0.15, 0.2) is 0 Å². The molecule has 4 heteroatoms. The van der Waals surface area contributed by atoms with E-state index in [-0.39, 0.29) is 11.8 Å². The van der Waals surface area contributed by atoms with Gasteiger partial charge < -0.3 is 5.32 Å². The highest BCUT2D eigenvalue weighted by molar-refractivity contribution is 5.78. The molecule has 1 aromatic carbocycles. The first-order chi connectivity index (χ1) is 9.22. The Hall–Kier alpha value is -1.86. The molecule has 1 atom stereocenters. The van der Waals surface area contributed by atoms with Gasteiger partial charge in [-0.3, -0.25) is 9.69 Å². The summed E-state index contributed by atoms with van der Waals surface area (Å²) in [6.45, 7) is 2.63. The van der Waals surface area contributed by atoms with Crippen LogP contribution in [0.25, 0.3) is 0 Å². The van der Waals surface area contributed by atoms with E-state index < -0.39 is 0 Å². The number of hydrogen-bond donors (Lipinski definition) is 1. The summed E-state index contributed by atoms with van der Waals surface area (Å²) in [4.78, 5) is 14.0. The lowest BCUT2D eigenvalue weighted by Crippen LogP contribution is -2.41. The first-order valence-corrected chi connectivity index (χ1v) is 6.66. The number of rotatable bonds is 3. The minimum absolute atomic E-state index is 0.0953. The number of carbonyl (C=O) groups excluding carboxylic acids is 1. The van der Waals surface area contributed by atoms with Crippen molar-refractivity contribution in [1.29, 1.82) is 5.26 Å². The average Bonchev–Trinajstić information content (AvgIpc) is 2.47. The lowest BCUT2D eigenvalue weighted by Gasteiger charge is -2.31. The van der Waals surface area contributed by atoms with Crippen LogP contribution in [0.5, 0.6) is 0 Å². The van der Waals surface area contributed by atoms with Crippen molar-refractivity contribution < 1.29 is 4.79 Å². The third-order valence-corrected chi connectivity index (χ3v) is 3.58. The molecule has 2 rings (SSSR count). The van der Waals surface area contributed by atoms with Crippen LogP contribution in [0.3, 0.4) is 0 Å². The molecule has 1 N–H and O–H groups in total. The van der Waals surface area contributed by atoms with E-state index in [0.29, 0.717) is 5.56 Å². The van der Waals surface area contributed by atoms with Gasteiger partial charge in [0.1, 0.15) is 0 Å². The molecule has 0 aromatic heterocycles. The molecule has 1 aliphatic rings. The first kappa shape index (κ1) is 13.6. The van der Waals surface area contributed by atoms with Crippen molar-refractivity contribution in [2.24, 2.45) is 5.92 Å². The van der Waals surface area contributed by atoms with Gasteiger partial charge >= 0.3 is 0 Å². The summed E-state index contributed by atoms with van der Waals surface area (Å²) < 4.78 is 0. The van der Waals surface area contributed by atoms with E-state index >= 15 is 0 Å². The van der Waals surface area contributed by atoms with Crippen LogP contribution in [0.1, 0.15) is 24.0 Å². The molecule has 4 nitrogen and oxygen atoms in total. The van der Waals surface area contributed by atoms with Crippen molar-refractivity contribution >= 4 is 5.91 Å². The first-order valence-electron chi connectivity index (χ1n) is 6.66. The van der Waals surface area contributed by atoms with Gasteiger partial charge in [0.05, 0.1) is 17.6 Å². The summed E-state index contributed by atoms with van der Waals surface area (Å²) in [6.07, 6.45) is 2.02. The van der Waals surface area contributed by atoms with Crippen molar-refractivity contribution in [3.8, 4) is 6.07 Å². The summed E-state index contributed by atoms with van der Waals surface area (Å²) in [5, 5.41) is 11.6. The second-order valence-electron chi connectivity index (χ2n) is 5.00. The number of nitrogens with zero attached hydrogens (tertiary/aromatic N) is 2. The van der Waals surface area contributed by atoms with Gasteiger partial charge in [-0.05, 0) is 37.1 Å². The molecule has 1 fully saturated rings. The summed E-state index contributed by atoms with van der Waals surface area (Å²) in [6, 6.07) is 9.83. The Morgan fingerprint density at radius 2 is 2.42 bits per heavy atom. The van der Waals surface area contributed by atoms with Crippen LogP contribution in [0, 0.1) is 17.2 Å². The maximum absolute atomic E-state index is 11.7. The molecule has 1 aliphatic heterocycles. The molecule has 1 unspecified atom stereocenters. The zero-order valence-corrected chi connectivity index (χ0v) is 11.2. The molecule has 1 aromatic rings. The lowest BCUT2D eigenvalue weighted by molar-refractivity contribution is -0.126. The van der Waals surface area contributed by atoms with Gasteiger partial charge in [0.2, 0.25) is 5.91 Å². The molecule has 0 saturated carbocycles. The van der Waals surface area contributed by atoms with Gasteiger partial charge in [0.25, 0.3) is 0 Å². The lowest BCUT2D eigenvalue weighted by atomic mass is 9.96. The number of carbonyl (C=O) groups is 1. The zero-order valence-electron chi connectivity index (χ0n) is 11.2. The van der Waals surface area contributed by atoms with Crippen LogP contribution < -0.4 is 5.32 Å². The van der Waals surface area contributed by atoms with E-state index in [4.69, 9.17) is 5.26 Å². The zero-order chi connectivity index (χ0) is 13.7. The smallest absolute Gasteiger partial charge is 0.224 e. The Labute approximate surface area is 114 Å². The molecule has 0 radical (unpaired) electrons. The number of benzene rings is 1. The molecule has 0 aliphatic carbocycles. The van der Waals surface area contributed by atoms with Crippen LogP contribution >= 0.6 is 0 Å². The molecule has 1 amide bonds. The van der Waals surface area contributed by atoms with E-state index in [9.17, 15) is 4.79 Å². The van der Waals surface area contributed by atoms with E-state index in [1.165, 1.54) is 0 Å². The maximum atomic E-state index is 11.7. The minimum atomic E-state index is 0.0953. The highest BCUT2D eigenvalue weighted by atomic mass is 16.1. The fraction of sp³-hybridized carbons (Fsp3) is 0.467. The van der Waals surface area contributed by atoms with E-state index in [2.05, 4.69) is 16.3 Å². The second-order valence-corrected chi connectivity index (χ2v) is 5.00. The van der Waals surface area contributed by atoms with Crippen LogP contribution in [0.2, 0.25) is 0 Å². The molecule has 0 bridgehead atoms. The largest absolute Gasteiger partial charge is 0.359 e. The maximum Gasteiger partial charge on any atom is 0.224 e. The van der Waals surface area contributed by atoms with Crippen molar-refractivity contribution in [2.75, 3.05) is 20.1 Å². The molecule has 19 heavy (non-hydrogen) atoms. The molecule has 1 saturated heterocycles. The highest BCUT2D eigenvalue weighted by Crippen LogP contribution is 2.19. The second kappa shape index (κ2) is 6.35. The molecule has 0 spiro atoms. The van der Waals surface area contributed by atoms with E-state index in [0.717, 1.165) is 38.0 Å². The van der Waals surface area contributed by atoms with E-state index in [1.807, 2.05) is 24.3 Å². The monoisotopic (exact) mass is 257 g/mol. The molecule has 1 heterocycles. The van der Waals surface area contributed by atoms with Crippen LogP contribution in [0.4, 0.5) is 0 Å². The molecular weight excluding hydrogens is 238 g/mol. The quantitative estimate of drug-likeness (QED) is 0.893. The van der Waals surface area contributed by atoms with Gasteiger partial charge in [0, 0.05) is 20.1 Å². The van der Waals surface area contributed by atoms with E-state index in [1.54, 1.807) is 7.05 Å².